The zero-order valence-corrected chi connectivity index (χ0v) is 12.2. The molecule has 0 spiro atoms. The van der Waals surface area contributed by atoms with Crippen molar-refractivity contribution in [2.75, 3.05) is 26.2 Å². The molecule has 3 unspecified atom stereocenters. The van der Waals surface area contributed by atoms with Gasteiger partial charge in [-0.3, -0.25) is 4.79 Å². The van der Waals surface area contributed by atoms with Crippen LogP contribution in [0.5, 0.6) is 0 Å². The van der Waals surface area contributed by atoms with Crippen molar-refractivity contribution in [1.82, 2.24) is 4.90 Å². The summed E-state index contributed by atoms with van der Waals surface area (Å²) in [7, 11) is 0. The first-order valence-electron chi connectivity index (χ1n) is 7.05. The lowest BCUT2D eigenvalue weighted by molar-refractivity contribution is -0.149. The predicted molar refractivity (Wildman–Crippen MR) is 73.2 cm³/mol. The van der Waals surface area contributed by atoms with Gasteiger partial charge in [0.25, 0.3) is 0 Å². The lowest BCUT2D eigenvalue weighted by Gasteiger charge is -2.36. The third-order valence-electron chi connectivity index (χ3n) is 4.11. The van der Waals surface area contributed by atoms with E-state index in [1.165, 1.54) is 6.42 Å². The summed E-state index contributed by atoms with van der Waals surface area (Å²) in [6.07, 6.45) is 1.90. The van der Waals surface area contributed by atoms with Crippen molar-refractivity contribution >= 4 is 5.97 Å². The molecule has 0 aromatic carbocycles. The molecule has 1 rings (SSSR count). The van der Waals surface area contributed by atoms with Gasteiger partial charge in [0.05, 0.1) is 6.61 Å². The van der Waals surface area contributed by atoms with E-state index in [9.17, 15) is 4.79 Å². The number of carbonyl (C=O) groups is 1. The van der Waals surface area contributed by atoms with Gasteiger partial charge in [0.1, 0.15) is 5.54 Å². The highest BCUT2D eigenvalue weighted by atomic mass is 16.5. The number of ether oxygens (including phenoxy) is 1. The first-order chi connectivity index (χ1) is 8.36. The van der Waals surface area contributed by atoms with Crippen LogP contribution in [-0.4, -0.2) is 42.6 Å². The Morgan fingerprint density at radius 1 is 1.44 bits per heavy atom. The number of carbonyl (C=O) groups excluding carboxylic acids is 1. The highest BCUT2D eigenvalue weighted by molar-refractivity contribution is 5.79. The van der Waals surface area contributed by atoms with Crippen molar-refractivity contribution in [2.24, 2.45) is 17.6 Å². The van der Waals surface area contributed by atoms with Gasteiger partial charge in [0.15, 0.2) is 0 Å². The number of nitrogens with zero attached hydrogens (tertiary/aromatic N) is 1. The van der Waals surface area contributed by atoms with Crippen molar-refractivity contribution in [1.29, 1.82) is 0 Å². The SMILES string of the molecule is CCOC(=O)C(C)(N)CCN1CCC(C)C(C)C1. The van der Waals surface area contributed by atoms with Crippen molar-refractivity contribution in [3.8, 4) is 0 Å². The smallest absolute Gasteiger partial charge is 0.325 e. The molecular formula is C14H28N2O2. The minimum atomic E-state index is -0.859. The molecule has 0 saturated carbocycles. The topological polar surface area (TPSA) is 55.6 Å². The minimum absolute atomic E-state index is 0.288. The summed E-state index contributed by atoms with van der Waals surface area (Å²) < 4.78 is 5.00. The molecule has 0 bridgehead atoms. The van der Waals surface area contributed by atoms with E-state index < -0.39 is 5.54 Å². The van der Waals surface area contributed by atoms with Crippen LogP contribution in [0.25, 0.3) is 0 Å². The quantitative estimate of drug-likeness (QED) is 0.760. The van der Waals surface area contributed by atoms with Crippen LogP contribution < -0.4 is 5.73 Å². The van der Waals surface area contributed by atoms with Gasteiger partial charge in [0.2, 0.25) is 0 Å². The van der Waals surface area contributed by atoms with E-state index in [-0.39, 0.29) is 5.97 Å². The average molecular weight is 256 g/mol. The summed E-state index contributed by atoms with van der Waals surface area (Å²) in [5.74, 6) is 1.24. The molecule has 0 aromatic rings. The first-order valence-corrected chi connectivity index (χ1v) is 7.05. The summed E-state index contributed by atoms with van der Waals surface area (Å²) in [6, 6.07) is 0. The van der Waals surface area contributed by atoms with Gasteiger partial charge in [-0.2, -0.15) is 0 Å². The fraction of sp³-hybridized carbons (Fsp3) is 0.929. The molecule has 18 heavy (non-hydrogen) atoms. The summed E-state index contributed by atoms with van der Waals surface area (Å²) >= 11 is 0. The molecule has 1 saturated heterocycles. The zero-order valence-electron chi connectivity index (χ0n) is 12.2. The van der Waals surface area contributed by atoms with E-state index in [2.05, 4.69) is 18.7 Å². The predicted octanol–water partition coefficient (Wildman–Crippen LogP) is 1.63. The highest BCUT2D eigenvalue weighted by Gasteiger charge is 2.31. The molecule has 1 aliphatic heterocycles. The Morgan fingerprint density at radius 2 is 2.11 bits per heavy atom. The maximum atomic E-state index is 11.7. The Bertz CT molecular complexity index is 279. The van der Waals surface area contributed by atoms with E-state index in [1.807, 2.05) is 6.92 Å². The summed E-state index contributed by atoms with van der Waals surface area (Å²) in [5.41, 5.74) is 5.17. The molecule has 0 radical (unpaired) electrons. The lowest BCUT2D eigenvalue weighted by Crippen LogP contribution is -2.49. The Morgan fingerprint density at radius 3 is 2.67 bits per heavy atom. The molecule has 1 fully saturated rings. The van der Waals surface area contributed by atoms with E-state index in [1.54, 1.807) is 6.92 Å². The second kappa shape index (κ2) is 6.53. The number of nitrogens with two attached hydrogens (primary N) is 1. The summed E-state index contributed by atoms with van der Waals surface area (Å²) in [4.78, 5) is 14.1. The fourth-order valence-corrected chi connectivity index (χ4v) is 2.34. The van der Waals surface area contributed by atoms with Crippen molar-refractivity contribution in [3.63, 3.8) is 0 Å². The van der Waals surface area contributed by atoms with E-state index >= 15 is 0 Å². The Labute approximate surface area is 111 Å². The van der Waals surface area contributed by atoms with Gasteiger partial charge < -0.3 is 15.4 Å². The monoisotopic (exact) mass is 256 g/mol. The lowest BCUT2D eigenvalue weighted by atomic mass is 9.88. The van der Waals surface area contributed by atoms with E-state index in [0.717, 1.165) is 31.5 Å². The molecule has 106 valence electrons. The van der Waals surface area contributed by atoms with Crippen LogP contribution in [0.4, 0.5) is 0 Å². The highest BCUT2D eigenvalue weighted by Crippen LogP contribution is 2.23. The molecule has 4 heteroatoms. The maximum absolute atomic E-state index is 11.7. The van der Waals surface area contributed by atoms with Gasteiger partial charge in [-0.05, 0) is 45.1 Å². The minimum Gasteiger partial charge on any atom is -0.465 e. The van der Waals surface area contributed by atoms with Gasteiger partial charge in [0, 0.05) is 13.1 Å². The molecule has 1 aliphatic rings. The molecule has 0 aromatic heterocycles. The van der Waals surface area contributed by atoms with Crippen LogP contribution in [0.1, 0.15) is 40.5 Å². The van der Waals surface area contributed by atoms with Crippen LogP contribution in [0.3, 0.4) is 0 Å². The number of rotatable bonds is 5. The second-order valence-electron chi connectivity index (χ2n) is 5.93. The van der Waals surface area contributed by atoms with Crippen molar-refractivity contribution in [3.05, 3.63) is 0 Å². The first kappa shape index (κ1) is 15.4. The molecule has 3 atom stereocenters. The molecule has 1 heterocycles. The zero-order chi connectivity index (χ0) is 13.8. The second-order valence-corrected chi connectivity index (χ2v) is 5.93. The van der Waals surface area contributed by atoms with Crippen LogP contribution in [0.15, 0.2) is 0 Å². The van der Waals surface area contributed by atoms with Gasteiger partial charge in [-0.1, -0.05) is 13.8 Å². The maximum Gasteiger partial charge on any atom is 0.325 e. The fourth-order valence-electron chi connectivity index (χ4n) is 2.34. The number of esters is 1. The van der Waals surface area contributed by atoms with Gasteiger partial charge >= 0.3 is 5.97 Å². The molecule has 4 nitrogen and oxygen atoms in total. The Kier molecular flexibility index (Phi) is 5.60. The number of hydrogen-bond donors (Lipinski definition) is 1. The third-order valence-corrected chi connectivity index (χ3v) is 4.11. The Balaban J connectivity index is 2.38. The van der Waals surface area contributed by atoms with Crippen LogP contribution in [0, 0.1) is 11.8 Å². The van der Waals surface area contributed by atoms with E-state index in [0.29, 0.717) is 13.0 Å². The van der Waals surface area contributed by atoms with Crippen molar-refractivity contribution < 1.29 is 9.53 Å². The van der Waals surface area contributed by atoms with Crippen LogP contribution >= 0.6 is 0 Å². The third kappa shape index (κ3) is 4.25. The summed E-state index contributed by atoms with van der Waals surface area (Å²) in [5, 5.41) is 0. The van der Waals surface area contributed by atoms with Crippen LogP contribution in [-0.2, 0) is 9.53 Å². The van der Waals surface area contributed by atoms with Crippen molar-refractivity contribution in [2.45, 2.75) is 46.1 Å². The largest absolute Gasteiger partial charge is 0.465 e. The Hall–Kier alpha value is -0.610. The van der Waals surface area contributed by atoms with Gasteiger partial charge in [-0.15, -0.1) is 0 Å². The molecular weight excluding hydrogens is 228 g/mol. The molecule has 0 amide bonds. The normalized spacial score (nSPS) is 28.7. The molecule has 0 aliphatic carbocycles. The van der Waals surface area contributed by atoms with E-state index in [4.69, 9.17) is 10.5 Å². The molecule has 2 N–H and O–H groups in total. The number of likely N-dealkylation sites (tertiary alicyclic amines) is 1. The van der Waals surface area contributed by atoms with Crippen LogP contribution in [0.2, 0.25) is 0 Å². The van der Waals surface area contributed by atoms with Gasteiger partial charge in [-0.25, -0.2) is 0 Å². The average Bonchev–Trinajstić information content (AvgIpc) is 2.31. The standard InChI is InChI=1S/C14H28N2O2/c1-5-18-13(17)14(4,15)7-9-16-8-6-11(2)12(3)10-16/h11-12H,5-10,15H2,1-4H3. The number of hydrogen-bond acceptors (Lipinski definition) is 4. The number of piperidine rings is 1. The summed E-state index contributed by atoms with van der Waals surface area (Å²) in [6.45, 7) is 11.7.